The molecule has 3 rings (SSSR count). The van der Waals surface area contributed by atoms with Crippen molar-refractivity contribution in [3.63, 3.8) is 0 Å². The maximum Gasteiger partial charge on any atom is 0.417 e. The lowest BCUT2D eigenvalue weighted by Gasteiger charge is -2.23. The standard InChI is InChI=1S/C14H16F3N3O/c15-14(16,17)10-1-4-19-8-9(10)12(21)20-11-7-13(11)2-5-18-6-3-13/h1,4,8,11,18H,2-3,5-7H2,(H,20,21). The van der Waals surface area contributed by atoms with Gasteiger partial charge in [0.2, 0.25) is 0 Å². The topological polar surface area (TPSA) is 54.0 Å². The van der Waals surface area contributed by atoms with Gasteiger partial charge >= 0.3 is 6.18 Å². The second-order valence-electron chi connectivity index (χ2n) is 5.76. The van der Waals surface area contributed by atoms with Gasteiger partial charge in [0, 0.05) is 18.4 Å². The van der Waals surface area contributed by atoms with Crippen LogP contribution < -0.4 is 10.6 Å². The lowest BCUT2D eigenvalue weighted by atomic mass is 9.94. The van der Waals surface area contributed by atoms with Crippen LogP contribution in [0.5, 0.6) is 0 Å². The third-order valence-electron chi connectivity index (χ3n) is 4.47. The molecule has 1 aliphatic carbocycles. The number of rotatable bonds is 2. The highest BCUT2D eigenvalue weighted by molar-refractivity contribution is 5.96. The first kappa shape index (κ1) is 14.3. The molecule has 1 atom stereocenters. The highest BCUT2D eigenvalue weighted by Gasteiger charge is 2.54. The van der Waals surface area contributed by atoms with Crippen LogP contribution >= 0.6 is 0 Å². The van der Waals surface area contributed by atoms with Crippen LogP contribution in [0.2, 0.25) is 0 Å². The summed E-state index contributed by atoms with van der Waals surface area (Å²) >= 11 is 0. The average Bonchev–Trinajstić information content (AvgIpc) is 3.10. The second kappa shape index (κ2) is 4.98. The minimum atomic E-state index is -4.55. The number of halogens is 3. The molecule has 1 aromatic heterocycles. The van der Waals surface area contributed by atoms with E-state index in [1.54, 1.807) is 0 Å². The molecule has 1 unspecified atom stereocenters. The van der Waals surface area contributed by atoms with Crippen LogP contribution in [-0.4, -0.2) is 30.0 Å². The van der Waals surface area contributed by atoms with Gasteiger partial charge in [-0.1, -0.05) is 0 Å². The maximum absolute atomic E-state index is 12.9. The van der Waals surface area contributed by atoms with Crippen LogP contribution in [0.1, 0.15) is 35.2 Å². The van der Waals surface area contributed by atoms with Gasteiger partial charge in [-0.15, -0.1) is 0 Å². The fourth-order valence-corrected chi connectivity index (χ4v) is 3.09. The fourth-order valence-electron chi connectivity index (χ4n) is 3.09. The number of pyridine rings is 1. The molecular formula is C14H16F3N3O. The van der Waals surface area contributed by atoms with Crippen LogP contribution in [0.15, 0.2) is 18.5 Å². The largest absolute Gasteiger partial charge is 0.417 e. The van der Waals surface area contributed by atoms with Gasteiger partial charge in [-0.25, -0.2) is 0 Å². The minimum Gasteiger partial charge on any atom is -0.349 e. The molecule has 4 nitrogen and oxygen atoms in total. The molecule has 2 heterocycles. The van der Waals surface area contributed by atoms with Gasteiger partial charge in [0.05, 0.1) is 11.1 Å². The number of carbonyl (C=O) groups excluding carboxylic acids is 1. The molecule has 2 fully saturated rings. The molecule has 114 valence electrons. The summed E-state index contributed by atoms with van der Waals surface area (Å²) in [5.41, 5.74) is -1.25. The summed E-state index contributed by atoms with van der Waals surface area (Å²) in [5.74, 6) is -0.684. The first-order chi connectivity index (χ1) is 9.92. The Hall–Kier alpha value is -1.63. The number of hydrogen-bond acceptors (Lipinski definition) is 3. The van der Waals surface area contributed by atoms with E-state index < -0.39 is 23.2 Å². The van der Waals surface area contributed by atoms with Crippen LogP contribution in [0, 0.1) is 5.41 Å². The quantitative estimate of drug-likeness (QED) is 0.878. The number of nitrogens with zero attached hydrogens (tertiary/aromatic N) is 1. The van der Waals surface area contributed by atoms with E-state index in [2.05, 4.69) is 15.6 Å². The third-order valence-corrected chi connectivity index (χ3v) is 4.47. The van der Waals surface area contributed by atoms with Gasteiger partial charge in [0.1, 0.15) is 0 Å². The summed E-state index contributed by atoms with van der Waals surface area (Å²) in [5, 5.41) is 5.98. The number of hydrogen-bond donors (Lipinski definition) is 2. The summed E-state index contributed by atoms with van der Waals surface area (Å²) in [6, 6.07) is 0.815. The molecule has 0 bridgehead atoms. The normalized spacial score (nSPS) is 23.9. The molecule has 1 aromatic rings. The molecule has 1 saturated carbocycles. The summed E-state index contributed by atoms with van der Waals surface area (Å²) in [4.78, 5) is 15.8. The van der Waals surface area contributed by atoms with Crippen LogP contribution in [0.25, 0.3) is 0 Å². The maximum atomic E-state index is 12.9. The Labute approximate surface area is 120 Å². The van der Waals surface area contributed by atoms with Crippen molar-refractivity contribution in [3.05, 3.63) is 29.6 Å². The van der Waals surface area contributed by atoms with Gasteiger partial charge in [0.25, 0.3) is 5.91 Å². The molecule has 21 heavy (non-hydrogen) atoms. The molecule has 0 radical (unpaired) electrons. The summed E-state index contributed by atoms with van der Waals surface area (Å²) in [6.07, 6.45) is 0.239. The first-order valence-electron chi connectivity index (χ1n) is 6.95. The van der Waals surface area contributed by atoms with Crippen molar-refractivity contribution >= 4 is 5.91 Å². The molecule has 1 spiro atoms. The van der Waals surface area contributed by atoms with E-state index in [9.17, 15) is 18.0 Å². The highest BCUT2D eigenvalue weighted by Crippen LogP contribution is 2.52. The van der Waals surface area contributed by atoms with Gasteiger partial charge in [-0.3, -0.25) is 9.78 Å². The van der Waals surface area contributed by atoms with Crippen molar-refractivity contribution in [1.82, 2.24) is 15.6 Å². The summed E-state index contributed by atoms with van der Waals surface area (Å²) in [7, 11) is 0. The van der Waals surface area contributed by atoms with E-state index in [0.717, 1.165) is 50.8 Å². The number of carbonyl (C=O) groups is 1. The summed E-state index contributed by atoms with van der Waals surface area (Å²) in [6.45, 7) is 1.79. The number of amides is 1. The van der Waals surface area contributed by atoms with Crippen molar-refractivity contribution in [2.24, 2.45) is 5.41 Å². The molecule has 2 aliphatic rings. The number of alkyl halides is 3. The predicted octanol–water partition coefficient (Wildman–Crippen LogP) is 1.97. The second-order valence-corrected chi connectivity index (χ2v) is 5.76. The van der Waals surface area contributed by atoms with Crippen molar-refractivity contribution < 1.29 is 18.0 Å². The lowest BCUT2D eigenvalue weighted by Crippen LogP contribution is -2.36. The molecule has 0 aromatic carbocycles. The zero-order chi connectivity index (χ0) is 15.1. The molecule has 7 heteroatoms. The fraction of sp³-hybridized carbons (Fsp3) is 0.571. The lowest BCUT2D eigenvalue weighted by molar-refractivity contribution is -0.138. The Kier molecular flexibility index (Phi) is 3.39. The van der Waals surface area contributed by atoms with E-state index in [1.807, 2.05) is 0 Å². The van der Waals surface area contributed by atoms with Gasteiger partial charge in [0.15, 0.2) is 0 Å². The van der Waals surface area contributed by atoms with E-state index in [0.29, 0.717) is 0 Å². The smallest absolute Gasteiger partial charge is 0.349 e. The van der Waals surface area contributed by atoms with Gasteiger partial charge in [-0.05, 0) is 43.8 Å². The number of piperidine rings is 1. The van der Waals surface area contributed by atoms with E-state index >= 15 is 0 Å². The number of aromatic nitrogens is 1. The number of nitrogens with one attached hydrogen (secondary N) is 2. The minimum absolute atomic E-state index is 0.0200. The Morgan fingerprint density at radius 2 is 2.10 bits per heavy atom. The molecule has 2 N–H and O–H groups in total. The predicted molar refractivity (Wildman–Crippen MR) is 69.6 cm³/mol. The Balaban J connectivity index is 1.73. The molecular weight excluding hydrogens is 283 g/mol. The van der Waals surface area contributed by atoms with Crippen molar-refractivity contribution in [1.29, 1.82) is 0 Å². The SMILES string of the molecule is O=C(NC1CC12CCNCC2)c1cnccc1C(F)(F)F. The summed E-state index contributed by atoms with van der Waals surface area (Å²) < 4.78 is 38.7. The Bertz CT molecular complexity index is 553. The van der Waals surface area contributed by atoms with Gasteiger partial charge in [-0.2, -0.15) is 13.2 Å². The molecule has 1 amide bonds. The van der Waals surface area contributed by atoms with Crippen LogP contribution in [0.3, 0.4) is 0 Å². The first-order valence-corrected chi connectivity index (χ1v) is 6.95. The van der Waals surface area contributed by atoms with E-state index in [4.69, 9.17) is 0 Å². The Morgan fingerprint density at radius 1 is 1.38 bits per heavy atom. The van der Waals surface area contributed by atoms with E-state index in [-0.39, 0.29) is 11.5 Å². The van der Waals surface area contributed by atoms with Crippen molar-refractivity contribution in [2.75, 3.05) is 13.1 Å². The van der Waals surface area contributed by atoms with Gasteiger partial charge < -0.3 is 10.6 Å². The van der Waals surface area contributed by atoms with Crippen LogP contribution in [-0.2, 0) is 6.18 Å². The van der Waals surface area contributed by atoms with E-state index in [1.165, 1.54) is 0 Å². The third kappa shape index (κ3) is 2.74. The van der Waals surface area contributed by atoms with Crippen molar-refractivity contribution in [2.45, 2.75) is 31.5 Å². The average molecular weight is 299 g/mol. The monoisotopic (exact) mass is 299 g/mol. The highest BCUT2D eigenvalue weighted by atomic mass is 19.4. The Morgan fingerprint density at radius 3 is 2.76 bits per heavy atom. The molecule has 1 aliphatic heterocycles. The zero-order valence-electron chi connectivity index (χ0n) is 11.3. The van der Waals surface area contributed by atoms with Crippen molar-refractivity contribution in [3.8, 4) is 0 Å². The van der Waals surface area contributed by atoms with Crippen LogP contribution in [0.4, 0.5) is 13.2 Å². The zero-order valence-corrected chi connectivity index (χ0v) is 11.3. The molecule has 1 saturated heterocycles.